The van der Waals surface area contributed by atoms with E-state index in [4.69, 9.17) is 22.1 Å². The van der Waals surface area contributed by atoms with Crippen molar-refractivity contribution in [1.82, 2.24) is 10.2 Å². The molecule has 0 unspecified atom stereocenters. The van der Waals surface area contributed by atoms with Crippen molar-refractivity contribution in [3.05, 3.63) is 35.0 Å². The van der Waals surface area contributed by atoms with Gasteiger partial charge in [-0.2, -0.15) is 0 Å². The third kappa shape index (κ3) is 2.22. The van der Waals surface area contributed by atoms with Gasteiger partial charge in [-0.3, -0.25) is 5.10 Å². The number of benzene rings is 1. The number of ether oxygens (including phenoxy) is 1. The maximum Gasteiger partial charge on any atom is 0.238 e. The molecule has 1 aromatic heterocycles. The van der Waals surface area contributed by atoms with Crippen molar-refractivity contribution in [3.63, 3.8) is 0 Å². The predicted octanol–water partition coefficient (Wildman–Crippen LogP) is 2.75. The number of H-pyrrole nitrogens is 1. The van der Waals surface area contributed by atoms with Crippen LogP contribution in [0.3, 0.4) is 0 Å². The van der Waals surface area contributed by atoms with E-state index in [1.165, 1.54) is 0 Å². The maximum absolute atomic E-state index is 5.85. The fourth-order valence-corrected chi connectivity index (χ4v) is 1.31. The van der Waals surface area contributed by atoms with Crippen LogP contribution < -0.4 is 10.5 Å². The Hall–Kier alpha value is -1.68. The van der Waals surface area contributed by atoms with Crippen LogP contribution in [0.2, 0.25) is 5.02 Å². The summed E-state index contributed by atoms with van der Waals surface area (Å²) in [5, 5.41) is 7.20. The lowest BCUT2D eigenvalue weighted by molar-refractivity contribution is 0.461. The quantitative estimate of drug-likeness (QED) is 0.770. The van der Waals surface area contributed by atoms with Crippen LogP contribution in [0.5, 0.6) is 11.6 Å². The summed E-state index contributed by atoms with van der Waals surface area (Å²) in [4.78, 5) is 0. The van der Waals surface area contributed by atoms with Crippen LogP contribution in [0.25, 0.3) is 0 Å². The molecule has 1 aromatic carbocycles. The van der Waals surface area contributed by atoms with Gasteiger partial charge in [-0.05, 0) is 19.1 Å². The van der Waals surface area contributed by atoms with Crippen LogP contribution in [-0.4, -0.2) is 10.2 Å². The van der Waals surface area contributed by atoms with Crippen molar-refractivity contribution >= 4 is 17.3 Å². The highest BCUT2D eigenvalue weighted by Gasteiger charge is 2.03. The number of aromatic nitrogens is 2. The first-order valence-corrected chi connectivity index (χ1v) is 4.78. The lowest BCUT2D eigenvalue weighted by atomic mass is 10.3. The van der Waals surface area contributed by atoms with E-state index in [1.807, 2.05) is 6.92 Å². The third-order valence-electron chi connectivity index (χ3n) is 1.88. The van der Waals surface area contributed by atoms with Crippen molar-refractivity contribution in [2.75, 3.05) is 5.73 Å². The smallest absolute Gasteiger partial charge is 0.238 e. The second-order valence-electron chi connectivity index (χ2n) is 3.17. The highest BCUT2D eigenvalue weighted by molar-refractivity contribution is 6.33. The zero-order valence-corrected chi connectivity index (χ0v) is 8.88. The average Bonchev–Trinajstić information content (AvgIpc) is 2.58. The lowest BCUT2D eigenvalue weighted by Crippen LogP contribution is -1.88. The van der Waals surface area contributed by atoms with Gasteiger partial charge in [-0.15, -0.1) is 5.10 Å². The first kappa shape index (κ1) is 9.86. The first-order chi connectivity index (χ1) is 7.15. The molecule has 0 aliphatic carbocycles. The van der Waals surface area contributed by atoms with Gasteiger partial charge >= 0.3 is 0 Å². The molecular formula is C10H10ClN3O. The molecule has 78 valence electrons. The summed E-state index contributed by atoms with van der Waals surface area (Å²) in [6, 6.07) is 6.88. The number of nitrogen functional groups attached to an aromatic ring is 1. The molecule has 0 amide bonds. The molecular weight excluding hydrogens is 214 g/mol. The predicted molar refractivity (Wildman–Crippen MR) is 59.3 cm³/mol. The molecule has 5 heteroatoms. The number of halogens is 1. The highest BCUT2D eigenvalue weighted by atomic mass is 35.5. The second kappa shape index (κ2) is 3.82. The van der Waals surface area contributed by atoms with Gasteiger partial charge in [0.2, 0.25) is 5.88 Å². The van der Waals surface area contributed by atoms with Gasteiger partial charge in [0.15, 0.2) is 0 Å². The van der Waals surface area contributed by atoms with E-state index < -0.39 is 0 Å². The molecule has 0 aliphatic rings. The largest absolute Gasteiger partial charge is 0.437 e. The van der Waals surface area contributed by atoms with Gasteiger partial charge in [0.05, 0.1) is 10.7 Å². The Morgan fingerprint density at radius 1 is 1.40 bits per heavy atom. The number of hydrogen-bond acceptors (Lipinski definition) is 3. The number of nitrogens with zero attached hydrogens (tertiary/aromatic N) is 1. The van der Waals surface area contributed by atoms with Crippen molar-refractivity contribution in [3.8, 4) is 11.6 Å². The molecule has 0 fully saturated rings. The zero-order valence-electron chi connectivity index (χ0n) is 8.12. The van der Waals surface area contributed by atoms with Gasteiger partial charge in [-0.1, -0.05) is 11.6 Å². The van der Waals surface area contributed by atoms with Gasteiger partial charge < -0.3 is 10.5 Å². The monoisotopic (exact) mass is 223 g/mol. The molecule has 2 aromatic rings. The molecule has 4 nitrogen and oxygen atoms in total. The molecule has 0 saturated carbocycles. The van der Waals surface area contributed by atoms with Gasteiger partial charge in [0.25, 0.3) is 0 Å². The Morgan fingerprint density at radius 3 is 2.80 bits per heavy atom. The number of nitrogens with two attached hydrogens (primary N) is 1. The van der Waals surface area contributed by atoms with Crippen LogP contribution in [0.15, 0.2) is 24.3 Å². The van der Waals surface area contributed by atoms with Crippen LogP contribution in [0.1, 0.15) is 5.69 Å². The molecule has 0 radical (unpaired) electrons. The maximum atomic E-state index is 5.85. The lowest BCUT2D eigenvalue weighted by Gasteiger charge is -2.03. The Bertz CT molecular complexity index is 481. The minimum Gasteiger partial charge on any atom is -0.437 e. The number of hydrogen-bond donors (Lipinski definition) is 2. The molecule has 0 spiro atoms. The normalized spacial score (nSPS) is 10.3. The standard InChI is InChI=1S/C10H10ClN3O/c1-6-4-10(14-13-6)15-7-2-3-9(12)8(11)5-7/h2-5H,12H2,1H3,(H,13,14). The van der Waals surface area contributed by atoms with Crippen molar-refractivity contribution in [1.29, 1.82) is 0 Å². The van der Waals surface area contributed by atoms with Crippen molar-refractivity contribution in [2.24, 2.45) is 0 Å². The minimum atomic E-state index is 0.472. The highest BCUT2D eigenvalue weighted by Crippen LogP contribution is 2.27. The zero-order chi connectivity index (χ0) is 10.8. The van der Waals surface area contributed by atoms with Crippen molar-refractivity contribution < 1.29 is 4.74 Å². The molecule has 0 saturated heterocycles. The number of aryl methyl sites for hydroxylation is 1. The summed E-state index contributed by atoms with van der Waals surface area (Å²) in [6.07, 6.45) is 0. The van der Waals surface area contributed by atoms with Crippen LogP contribution >= 0.6 is 11.6 Å². The molecule has 0 atom stereocenters. The molecule has 3 N–H and O–H groups in total. The number of rotatable bonds is 2. The number of anilines is 1. The van der Waals surface area contributed by atoms with Crippen LogP contribution in [0.4, 0.5) is 5.69 Å². The fraction of sp³-hybridized carbons (Fsp3) is 0.100. The summed E-state index contributed by atoms with van der Waals surface area (Å²) >= 11 is 5.85. The summed E-state index contributed by atoms with van der Waals surface area (Å²) < 4.78 is 5.45. The van der Waals surface area contributed by atoms with E-state index in [0.717, 1.165) is 5.69 Å². The fourth-order valence-electron chi connectivity index (χ4n) is 1.14. The SMILES string of the molecule is Cc1cc(Oc2ccc(N)c(Cl)c2)n[nH]1. The first-order valence-electron chi connectivity index (χ1n) is 4.40. The number of nitrogens with one attached hydrogen (secondary N) is 1. The second-order valence-corrected chi connectivity index (χ2v) is 3.58. The topological polar surface area (TPSA) is 63.9 Å². The molecule has 15 heavy (non-hydrogen) atoms. The van der Waals surface area contributed by atoms with E-state index in [-0.39, 0.29) is 0 Å². The van der Waals surface area contributed by atoms with Crippen molar-refractivity contribution in [2.45, 2.75) is 6.92 Å². The molecule has 1 heterocycles. The van der Waals surface area contributed by atoms with Gasteiger partial charge in [0, 0.05) is 17.8 Å². The van der Waals surface area contributed by atoms with E-state index in [1.54, 1.807) is 24.3 Å². The molecule has 0 aliphatic heterocycles. The summed E-state index contributed by atoms with van der Waals surface area (Å²) in [5.41, 5.74) is 7.04. The summed E-state index contributed by atoms with van der Waals surface area (Å²) in [7, 11) is 0. The van der Waals surface area contributed by atoms with E-state index >= 15 is 0 Å². The van der Waals surface area contributed by atoms with Crippen LogP contribution in [0, 0.1) is 6.92 Å². The Morgan fingerprint density at radius 2 is 2.20 bits per heavy atom. The van der Waals surface area contributed by atoms with E-state index in [9.17, 15) is 0 Å². The summed E-state index contributed by atoms with van der Waals surface area (Å²) in [6.45, 7) is 1.90. The average molecular weight is 224 g/mol. The summed E-state index contributed by atoms with van der Waals surface area (Å²) in [5.74, 6) is 1.12. The van der Waals surface area contributed by atoms with Crippen LogP contribution in [-0.2, 0) is 0 Å². The number of aromatic amines is 1. The van der Waals surface area contributed by atoms with E-state index in [0.29, 0.717) is 22.3 Å². The minimum absolute atomic E-state index is 0.472. The Balaban J connectivity index is 2.21. The molecule has 2 rings (SSSR count). The Kier molecular flexibility index (Phi) is 2.51. The molecule has 0 bridgehead atoms. The Labute approximate surface area is 92.0 Å². The van der Waals surface area contributed by atoms with Gasteiger partial charge in [-0.25, -0.2) is 0 Å². The van der Waals surface area contributed by atoms with Gasteiger partial charge in [0.1, 0.15) is 5.75 Å². The van der Waals surface area contributed by atoms with E-state index in [2.05, 4.69) is 10.2 Å². The third-order valence-corrected chi connectivity index (χ3v) is 2.20.